The third-order valence-electron chi connectivity index (χ3n) is 4.32. The number of amides is 2. The minimum absolute atomic E-state index is 0.0322. The van der Waals surface area contributed by atoms with Gasteiger partial charge in [0.1, 0.15) is 23.7 Å². The highest BCUT2D eigenvalue weighted by Gasteiger charge is 2.23. The fourth-order valence-corrected chi connectivity index (χ4v) is 3.82. The van der Waals surface area contributed by atoms with Gasteiger partial charge in [0, 0.05) is 17.9 Å². The predicted octanol–water partition coefficient (Wildman–Crippen LogP) is 2.31. The first-order chi connectivity index (χ1) is 14.3. The molecular weight excluding hydrogens is 411 g/mol. The number of nitrogens with zero attached hydrogens (tertiary/aromatic N) is 2. The molecule has 0 saturated carbocycles. The van der Waals surface area contributed by atoms with E-state index in [9.17, 15) is 18.8 Å². The Morgan fingerprint density at radius 2 is 2.07 bits per heavy atom. The molecular formula is C20H19FN4O4S. The molecule has 3 rings (SSSR count). The highest BCUT2D eigenvalue weighted by molar-refractivity contribution is 8.04. The normalized spacial score (nSPS) is 15.4. The predicted molar refractivity (Wildman–Crippen MR) is 110 cm³/mol. The van der Waals surface area contributed by atoms with E-state index >= 15 is 0 Å². The van der Waals surface area contributed by atoms with Crippen LogP contribution in [0.3, 0.4) is 0 Å². The molecule has 1 atom stereocenters. The van der Waals surface area contributed by atoms with E-state index in [0.29, 0.717) is 17.5 Å². The summed E-state index contributed by atoms with van der Waals surface area (Å²) in [6.07, 6.45) is 3.39. The highest BCUT2D eigenvalue weighted by Crippen LogP contribution is 2.31. The minimum Gasteiger partial charge on any atom is -0.477 e. The van der Waals surface area contributed by atoms with E-state index in [2.05, 4.69) is 20.6 Å². The van der Waals surface area contributed by atoms with Crippen LogP contribution in [-0.2, 0) is 16.0 Å². The Kier molecular flexibility index (Phi) is 6.78. The van der Waals surface area contributed by atoms with Crippen LogP contribution in [0.4, 0.5) is 10.2 Å². The maximum atomic E-state index is 13.3. The number of thioether (sulfide) groups is 1. The Morgan fingerprint density at radius 3 is 2.77 bits per heavy atom. The van der Waals surface area contributed by atoms with Crippen molar-refractivity contribution in [3.8, 4) is 0 Å². The van der Waals surface area contributed by atoms with Crippen molar-refractivity contribution in [3.05, 3.63) is 64.2 Å². The quantitative estimate of drug-likeness (QED) is 0.616. The number of carboxylic acid groups (broad SMARTS) is 1. The SMILES string of the molecule is Cc1cc(CC(=O)Nc2cc(C(=O)NCC3CC=C(C(=O)O)S3)ncn2)ccc1F. The summed E-state index contributed by atoms with van der Waals surface area (Å²) in [5.74, 6) is -1.95. The van der Waals surface area contributed by atoms with Crippen molar-refractivity contribution in [2.24, 2.45) is 0 Å². The van der Waals surface area contributed by atoms with Crippen molar-refractivity contribution >= 4 is 35.4 Å². The van der Waals surface area contributed by atoms with Crippen molar-refractivity contribution in [2.45, 2.75) is 25.0 Å². The number of carbonyl (C=O) groups excluding carboxylic acids is 2. The van der Waals surface area contributed by atoms with Gasteiger partial charge in [0.15, 0.2) is 0 Å². The average molecular weight is 430 g/mol. The number of aromatic nitrogens is 2. The first-order valence-electron chi connectivity index (χ1n) is 9.07. The fourth-order valence-electron chi connectivity index (χ4n) is 2.81. The van der Waals surface area contributed by atoms with E-state index in [4.69, 9.17) is 5.11 Å². The fraction of sp³-hybridized carbons (Fsp3) is 0.250. The molecule has 1 aliphatic heterocycles. The molecule has 3 N–H and O–H groups in total. The van der Waals surface area contributed by atoms with Gasteiger partial charge in [-0.3, -0.25) is 9.59 Å². The summed E-state index contributed by atoms with van der Waals surface area (Å²) in [4.78, 5) is 43.6. The van der Waals surface area contributed by atoms with Gasteiger partial charge in [0.25, 0.3) is 5.91 Å². The van der Waals surface area contributed by atoms with E-state index in [1.807, 2.05) is 0 Å². The number of allylic oxidation sites excluding steroid dienone is 1. The summed E-state index contributed by atoms with van der Waals surface area (Å²) < 4.78 is 13.3. The Morgan fingerprint density at radius 1 is 1.27 bits per heavy atom. The maximum Gasteiger partial charge on any atom is 0.341 e. The molecule has 1 aromatic carbocycles. The molecule has 1 unspecified atom stereocenters. The van der Waals surface area contributed by atoms with E-state index in [1.165, 1.54) is 36.3 Å². The molecule has 0 aliphatic carbocycles. The Hall–Kier alpha value is -3.27. The van der Waals surface area contributed by atoms with Crippen molar-refractivity contribution in [3.63, 3.8) is 0 Å². The van der Waals surface area contributed by atoms with Gasteiger partial charge >= 0.3 is 5.97 Å². The number of hydrogen-bond donors (Lipinski definition) is 3. The van der Waals surface area contributed by atoms with Crippen LogP contribution in [0.5, 0.6) is 0 Å². The smallest absolute Gasteiger partial charge is 0.341 e. The number of aryl methyl sites for hydroxylation is 1. The third kappa shape index (κ3) is 5.63. The first-order valence-corrected chi connectivity index (χ1v) is 9.95. The Labute approximate surface area is 176 Å². The van der Waals surface area contributed by atoms with Crippen LogP contribution in [0.25, 0.3) is 0 Å². The van der Waals surface area contributed by atoms with Crippen LogP contribution in [0.1, 0.15) is 28.0 Å². The lowest BCUT2D eigenvalue weighted by molar-refractivity contribution is -0.131. The van der Waals surface area contributed by atoms with Gasteiger partial charge in [-0.2, -0.15) is 0 Å². The summed E-state index contributed by atoms with van der Waals surface area (Å²) >= 11 is 1.20. The summed E-state index contributed by atoms with van der Waals surface area (Å²) in [6, 6.07) is 5.79. The molecule has 8 nitrogen and oxygen atoms in total. The van der Waals surface area contributed by atoms with E-state index in [0.717, 1.165) is 0 Å². The standard InChI is InChI=1S/C20H19FN4O4S/c1-11-6-12(2-4-14(11)21)7-18(26)25-17-8-15(23-10-24-17)19(27)22-9-13-3-5-16(30-13)20(28)29/h2,4-6,8,10,13H,3,7,9H2,1H3,(H,22,27)(H,28,29)(H,23,24,25,26). The molecule has 156 valence electrons. The molecule has 2 amide bonds. The van der Waals surface area contributed by atoms with Crippen molar-refractivity contribution in [2.75, 3.05) is 11.9 Å². The molecule has 1 aliphatic rings. The topological polar surface area (TPSA) is 121 Å². The van der Waals surface area contributed by atoms with E-state index in [1.54, 1.807) is 19.1 Å². The lowest BCUT2D eigenvalue weighted by Gasteiger charge is -2.11. The molecule has 0 bridgehead atoms. The molecule has 0 spiro atoms. The largest absolute Gasteiger partial charge is 0.477 e. The number of carbonyl (C=O) groups is 3. The Balaban J connectivity index is 1.53. The van der Waals surface area contributed by atoms with Gasteiger partial charge in [-0.25, -0.2) is 19.2 Å². The van der Waals surface area contributed by atoms with Crippen molar-refractivity contribution < 1.29 is 23.9 Å². The lowest BCUT2D eigenvalue weighted by Crippen LogP contribution is -2.30. The number of nitrogens with one attached hydrogen (secondary N) is 2. The van der Waals surface area contributed by atoms with E-state index in [-0.39, 0.29) is 46.4 Å². The number of carboxylic acids is 1. The molecule has 2 aromatic rings. The van der Waals surface area contributed by atoms with Crippen LogP contribution in [0, 0.1) is 12.7 Å². The van der Waals surface area contributed by atoms with Gasteiger partial charge in [0.05, 0.1) is 11.3 Å². The number of benzene rings is 1. The average Bonchev–Trinajstić information content (AvgIpc) is 3.18. The summed E-state index contributed by atoms with van der Waals surface area (Å²) in [6.45, 7) is 1.90. The minimum atomic E-state index is -0.971. The summed E-state index contributed by atoms with van der Waals surface area (Å²) in [5, 5.41) is 14.2. The van der Waals surface area contributed by atoms with Crippen LogP contribution in [0.15, 0.2) is 41.6 Å². The molecule has 2 heterocycles. The third-order valence-corrected chi connectivity index (χ3v) is 5.60. The Bertz CT molecular complexity index is 1030. The highest BCUT2D eigenvalue weighted by atomic mass is 32.2. The molecule has 1 aromatic heterocycles. The number of halogens is 1. The summed E-state index contributed by atoms with van der Waals surface area (Å²) in [7, 11) is 0. The molecule has 30 heavy (non-hydrogen) atoms. The maximum absolute atomic E-state index is 13.3. The number of anilines is 1. The number of aliphatic carboxylic acids is 1. The molecule has 0 saturated heterocycles. The second-order valence-corrected chi connectivity index (χ2v) is 8.00. The second kappa shape index (κ2) is 9.49. The molecule has 10 heteroatoms. The van der Waals surface area contributed by atoms with Crippen LogP contribution in [0.2, 0.25) is 0 Å². The number of hydrogen-bond acceptors (Lipinski definition) is 6. The van der Waals surface area contributed by atoms with Gasteiger partial charge in [-0.15, -0.1) is 11.8 Å². The summed E-state index contributed by atoms with van der Waals surface area (Å²) in [5.41, 5.74) is 1.18. The second-order valence-electron chi connectivity index (χ2n) is 6.66. The zero-order valence-electron chi connectivity index (χ0n) is 16.0. The van der Waals surface area contributed by atoms with Crippen molar-refractivity contribution in [1.29, 1.82) is 0 Å². The van der Waals surface area contributed by atoms with Gasteiger partial charge in [-0.05, 0) is 30.5 Å². The van der Waals surface area contributed by atoms with Crippen LogP contribution in [-0.4, -0.2) is 44.7 Å². The molecule has 0 fully saturated rings. The van der Waals surface area contributed by atoms with Gasteiger partial charge in [0.2, 0.25) is 5.91 Å². The zero-order chi connectivity index (χ0) is 21.7. The van der Waals surface area contributed by atoms with Gasteiger partial charge < -0.3 is 15.7 Å². The zero-order valence-corrected chi connectivity index (χ0v) is 16.8. The number of rotatable bonds is 7. The monoisotopic (exact) mass is 430 g/mol. The lowest BCUT2D eigenvalue weighted by atomic mass is 10.1. The van der Waals surface area contributed by atoms with Crippen LogP contribution < -0.4 is 10.6 Å². The van der Waals surface area contributed by atoms with Crippen LogP contribution >= 0.6 is 11.8 Å². The first kappa shape index (κ1) is 21.4. The van der Waals surface area contributed by atoms with E-state index < -0.39 is 11.9 Å². The van der Waals surface area contributed by atoms with Gasteiger partial charge in [-0.1, -0.05) is 18.2 Å². The van der Waals surface area contributed by atoms with Crippen molar-refractivity contribution in [1.82, 2.24) is 15.3 Å². The molecule has 0 radical (unpaired) electrons.